The van der Waals surface area contributed by atoms with Gasteiger partial charge in [0.15, 0.2) is 5.78 Å². The Morgan fingerprint density at radius 1 is 0.950 bits per heavy atom. The minimum atomic E-state index is -0.319. The largest absolute Gasteiger partial charge is 0.323 e. The van der Waals surface area contributed by atoms with Crippen LogP contribution in [0.3, 0.4) is 0 Å². The van der Waals surface area contributed by atoms with Crippen LogP contribution >= 0.6 is 23.2 Å². The highest BCUT2D eigenvalue weighted by molar-refractivity contribution is 6.41. The first kappa shape index (κ1) is 13.0. The van der Waals surface area contributed by atoms with Crippen LogP contribution < -0.4 is 5.69 Å². The van der Waals surface area contributed by atoms with Gasteiger partial charge in [0.25, 0.3) is 0 Å². The van der Waals surface area contributed by atoms with Crippen LogP contribution in [0.1, 0.15) is 15.9 Å². The van der Waals surface area contributed by atoms with E-state index in [9.17, 15) is 9.59 Å². The van der Waals surface area contributed by atoms with Crippen molar-refractivity contribution < 1.29 is 4.79 Å². The van der Waals surface area contributed by atoms with Crippen LogP contribution in [0.2, 0.25) is 10.0 Å². The van der Waals surface area contributed by atoms with E-state index in [1.54, 1.807) is 36.4 Å². The number of carbonyl (C=O) groups is 1. The van der Waals surface area contributed by atoms with Crippen LogP contribution in [-0.2, 0) is 0 Å². The first-order chi connectivity index (χ1) is 9.56. The molecule has 0 aliphatic heterocycles. The van der Waals surface area contributed by atoms with Gasteiger partial charge in [0.1, 0.15) is 0 Å². The third-order valence-corrected chi connectivity index (χ3v) is 3.60. The molecule has 0 aliphatic carbocycles. The summed E-state index contributed by atoms with van der Waals surface area (Å²) in [6.07, 6.45) is 0. The molecule has 1 aromatic heterocycles. The number of aromatic amines is 2. The first-order valence-electron chi connectivity index (χ1n) is 5.77. The number of carbonyl (C=O) groups excluding carboxylic acids is 1. The summed E-state index contributed by atoms with van der Waals surface area (Å²) < 4.78 is 0. The van der Waals surface area contributed by atoms with Crippen molar-refractivity contribution >= 4 is 40.0 Å². The second-order valence-corrected chi connectivity index (χ2v) is 5.08. The summed E-state index contributed by atoms with van der Waals surface area (Å²) >= 11 is 12.1. The number of fused-ring (bicyclic) bond motifs is 1. The Morgan fingerprint density at radius 2 is 1.60 bits per heavy atom. The third-order valence-electron chi connectivity index (χ3n) is 2.97. The maximum atomic E-state index is 12.5. The number of rotatable bonds is 2. The Balaban J connectivity index is 2.15. The Morgan fingerprint density at radius 3 is 2.30 bits per heavy atom. The Bertz CT molecular complexity index is 860. The molecule has 2 N–H and O–H groups in total. The van der Waals surface area contributed by atoms with Crippen LogP contribution in [0.25, 0.3) is 11.0 Å². The van der Waals surface area contributed by atoms with Gasteiger partial charge in [0.05, 0.1) is 26.6 Å². The molecule has 1 heterocycles. The molecule has 20 heavy (non-hydrogen) atoms. The summed E-state index contributed by atoms with van der Waals surface area (Å²) in [7, 11) is 0. The summed E-state index contributed by atoms with van der Waals surface area (Å²) in [5.74, 6) is -0.287. The highest BCUT2D eigenvalue weighted by Gasteiger charge is 2.17. The quantitative estimate of drug-likeness (QED) is 0.713. The van der Waals surface area contributed by atoms with Gasteiger partial charge < -0.3 is 9.97 Å². The van der Waals surface area contributed by atoms with Gasteiger partial charge in [-0.05, 0) is 30.3 Å². The normalized spacial score (nSPS) is 10.9. The number of hydrogen-bond acceptors (Lipinski definition) is 2. The Hall–Kier alpha value is -2.04. The lowest BCUT2D eigenvalue weighted by Crippen LogP contribution is -2.03. The standard InChI is InChI=1S/C14H8Cl2N2O2/c15-8-2-1-3-9(16)12(8)13(19)7-4-5-10-11(6-7)18-14(20)17-10/h1-6H,(H2,17,18,20). The molecule has 2 aromatic carbocycles. The number of hydrogen-bond donors (Lipinski definition) is 2. The van der Waals surface area contributed by atoms with Gasteiger partial charge >= 0.3 is 5.69 Å². The van der Waals surface area contributed by atoms with Gasteiger partial charge in [-0.2, -0.15) is 0 Å². The number of H-pyrrole nitrogens is 2. The van der Waals surface area contributed by atoms with Crippen LogP contribution in [-0.4, -0.2) is 15.8 Å². The molecule has 6 heteroatoms. The van der Waals surface area contributed by atoms with Crippen LogP contribution in [0.5, 0.6) is 0 Å². The van der Waals surface area contributed by atoms with Crippen molar-refractivity contribution in [2.24, 2.45) is 0 Å². The van der Waals surface area contributed by atoms with Gasteiger partial charge in [-0.15, -0.1) is 0 Å². The van der Waals surface area contributed by atoms with E-state index in [1.165, 1.54) is 0 Å². The van der Waals surface area contributed by atoms with E-state index in [2.05, 4.69) is 9.97 Å². The molecule has 0 atom stereocenters. The average Bonchev–Trinajstić information content (AvgIpc) is 2.77. The van der Waals surface area contributed by atoms with E-state index in [-0.39, 0.29) is 17.0 Å². The molecule has 0 saturated heterocycles. The third kappa shape index (κ3) is 2.13. The second kappa shape index (κ2) is 4.81. The molecule has 0 radical (unpaired) electrons. The summed E-state index contributed by atoms with van der Waals surface area (Å²) in [4.78, 5) is 28.9. The zero-order chi connectivity index (χ0) is 14.3. The zero-order valence-corrected chi connectivity index (χ0v) is 11.5. The monoisotopic (exact) mass is 306 g/mol. The molecule has 0 spiro atoms. The maximum absolute atomic E-state index is 12.5. The fourth-order valence-electron chi connectivity index (χ4n) is 2.03. The predicted octanol–water partition coefficient (Wildman–Crippen LogP) is 3.39. The van der Waals surface area contributed by atoms with Crippen molar-refractivity contribution in [2.45, 2.75) is 0 Å². The smallest absolute Gasteiger partial charge is 0.306 e. The number of halogens is 2. The maximum Gasteiger partial charge on any atom is 0.323 e. The number of imidazole rings is 1. The molecule has 0 aliphatic rings. The fraction of sp³-hybridized carbons (Fsp3) is 0. The molecule has 3 aromatic rings. The SMILES string of the molecule is O=C(c1ccc2[nH]c(=O)[nH]c2c1)c1c(Cl)cccc1Cl. The highest BCUT2D eigenvalue weighted by Crippen LogP contribution is 2.27. The summed E-state index contributed by atoms with van der Waals surface area (Å²) in [6.45, 7) is 0. The predicted molar refractivity (Wildman–Crippen MR) is 78.8 cm³/mol. The average molecular weight is 307 g/mol. The lowest BCUT2D eigenvalue weighted by atomic mass is 10.0. The Labute approximate surface area is 123 Å². The molecular formula is C14H8Cl2N2O2. The number of aromatic nitrogens is 2. The zero-order valence-electron chi connectivity index (χ0n) is 10.0. The van der Waals surface area contributed by atoms with Crippen LogP contribution in [0, 0.1) is 0 Å². The molecule has 100 valence electrons. The summed E-state index contributed by atoms with van der Waals surface area (Å²) in [5, 5.41) is 0.593. The van der Waals surface area contributed by atoms with Crippen molar-refractivity contribution in [1.29, 1.82) is 0 Å². The molecule has 0 saturated carbocycles. The molecule has 3 rings (SSSR count). The van der Waals surface area contributed by atoms with Crippen LogP contribution in [0.4, 0.5) is 0 Å². The van der Waals surface area contributed by atoms with Crippen LogP contribution in [0.15, 0.2) is 41.2 Å². The van der Waals surface area contributed by atoms with E-state index >= 15 is 0 Å². The van der Waals surface area contributed by atoms with Crippen molar-refractivity contribution in [3.63, 3.8) is 0 Å². The van der Waals surface area contributed by atoms with Gasteiger partial charge in [0, 0.05) is 5.56 Å². The molecular weight excluding hydrogens is 299 g/mol. The molecule has 0 bridgehead atoms. The number of nitrogens with one attached hydrogen (secondary N) is 2. The molecule has 4 nitrogen and oxygen atoms in total. The minimum absolute atomic E-state index is 0.257. The van der Waals surface area contributed by atoms with Gasteiger partial charge in [0.2, 0.25) is 0 Å². The summed E-state index contributed by atoms with van der Waals surface area (Å²) in [5.41, 5.74) is 1.54. The van der Waals surface area contributed by atoms with Gasteiger partial charge in [-0.3, -0.25) is 4.79 Å². The number of ketones is 1. The van der Waals surface area contributed by atoms with Crippen molar-refractivity contribution in [3.8, 4) is 0 Å². The minimum Gasteiger partial charge on any atom is -0.306 e. The molecule has 0 amide bonds. The topological polar surface area (TPSA) is 65.7 Å². The fourth-order valence-corrected chi connectivity index (χ4v) is 2.60. The number of benzene rings is 2. The van der Waals surface area contributed by atoms with E-state index in [1.807, 2.05) is 0 Å². The molecule has 0 unspecified atom stereocenters. The van der Waals surface area contributed by atoms with E-state index in [4.69, 9.17) is 23.2 Å². The second-order valence-electron chi connectivity index (χ2n) is 4.27. The van der Waals surface area contributed by atoms with E-state index in [0.29, 0.717) is 26.6 Å². The van der Waals surface area contributed by atoms with Gasteiger partial charge in [-0.1, -0.05) is 29.3 Å². The first-order valence-corrected chi connectivity index (χ1v) is 6.52. The van der Waals surface area contributed by atoms with E-state index in [0.717, 1.165) is 0 Å². The lowest BCUT2D eigenvalue weighted by Gasteiger charge is -2.06. The summed E-state index contributed by atoms with van der Waals surface area (Å²) in [6, 6.07) is 9.76. The molecule has 0 fully saturated rings. The highest BCUT2D eigenvalue weighted by atomic mass is 35.5. The Kier molecular flexibility index (Phi) is 3.12. The van der Waals surface area contributed by atoms with Crippen molar-refractivity contribution in [2.75, 3.05) is 0 Å². The van der Waals surface area contributed by atoms with Crippen molar-refractivity contribution in [3.05, 3.63) is 68.1 Å². The van der Waals surface area contributed by atoms with Gasteiger partial charge in [-0.25, -0.2) is 4.79 Å². The van der Waals surface area contributed by atoms with E-state index < -0.39 is 0 Å². The lowest BCUT2D eigenvalue weighted by molar-refractivity contribution is 0.103. The van der Waals surface area contributed by atoms with Crippen molar-refractivity contribution in [1.82, 2.24) is 9.97 Å².